The van der Waals surface area contributed by atoms with Crippen LogP contribution in [0.5, 0.6) is 5.75 Å². The molecule has 0 N–H and O–H groups in total. The molecule has 0 radical (unpaired) electrons. The van der Waals surface area contributed by atoms with Crippen LogP contribution in [0.1, 0.15) is 37.0 Å². The van der Waals surface area contributed by atoms with Crippen molar-refractivity contribution in [2.75, 3.05) is 6.61 Å². The number of aromatic nitrogens is 2. The third kappa shape index (κ3) is 4.34. The Morgan fingerprint density at radius 3 is 2.57 bits per heavy atom. The number of para-hydroxylation sites is 1. The first-order valence-electron chi connectivity index (χ1n) is 9.11. The third-order valence-corrected chi connectivity index (χ3v) is 4.51. The highest BCUT2D eigenvalue weighted by atomic mass is 35.5. The average Bonchev–Trinajstić information content (AvgIpc) is 3.15. The maximum atomic E-state index is 13.2. The summed E-state index contributed by atoms with van der Waals surface area (Å²) in [6.45, 7) is 6.43. The van der Waals surface area contributed by atoms with E-state index in [2.05, 4.69) is 10.2 Å². The molecule has 0 atom stereocenters. The van der Waals surface area contributed by atoms with E-state index in [-0.39, 0.29) is 18.5 Å². The highest BCUT2D eigenvalue weighted by Gasteiger charge is 2.24. The maximum absolute atomic E-state index is 13.2. The van der Waals surface area contributed by atoms with Crippen LogP contribution in [0.25, 0.3) is 11.5 Å². The molecule has 0 spiro atoms. The number of hydrogen-bond acceptors (Lipinski definition) is 5. The second kappa shape index (κ2) is 8.89. The van der Waals surface area contributed by atoms with Crippen molar-refractivity contribution in [1.29, 1.82) is 0 Å². The predicted molar refractivity (Wildman–Crippen MR) is 107 cm³/mol. The molecule has 0 unspecified atom stereocenters. The van der Waals surface area contributed by atoms with Gasteiger partial charge in [0.05, 0.1) is 29.3 Å². The van der Waals surface area contributed by atoms with Gasteiger partial charge in [0.15, 0.2) is 0 Å². The lowest BCUT2D eigenvalue weighted by atomic mass is 10.1. The van der Waals surface area contributed by atoms with E-state index < -0.39 is 0 Å². The maximum Gasteiger partial charge on any atom is 0.258 e. The fourth-order valence-corrected chi connectivity index (χ4v) is 2.99. The molecular weight excluding hydrogens is 378 g/mol. The molecule has 28 heavy (non-hydrogen) atoms. The lowest BCUT2D eigenvalue weighted by Crippen LogP contribution is -2.36. The zero-order chi connectivity index (χ0) is 20.1. The first-order valence-corrected chi connectivity index (χ1v) is 9.49. The smallest absolute Gasteiger partial charge is 0.258 e. The summed E-state index contributed by atoms with van der Waals surface area (Å²) in [7, 11) is 0. The zero-order valence-corrected chi connectivity index (χ0v) is 16.8. The number of carbonyl (C=O) groups excluding carboxylic acids is 1. The summed E-state index contributed by atoms with van der Waals surface area (Å²) >= 11 is 6.20. The summed E-state index contributed by atoms with van der Waals surface area (Å²) in [5.74, 6) is 1.07. The Morgan fingerprint density at radius 1 is 1.14 bits per heavy atom. The number of amides is 1. The molecular formula is C21H22ClN3O3. The van der Waals surface area contributed by atoms with Gasteiger partial charge in [-0.2, -0.15) is 0 Å². The number of halogens is 1. The second-order valence-corrected chi connectivity index (χ2v) is 6.84. The van der Waals surface area contributed by atoms with E-state index in [1.165, 1.54) is 0 Å². The minimum absolute atomic E-state index is 0.0714. The molecule has 0 aliphatic heterocycles. The van der Waals surface area contributed by atoms with Gasteiger partial charge in [-0.25, -0.2) is 0 Å². The van der Waals surface area contributed by atoms with Gasteiger partial charge < -0.3 is 14.1 Å². The van der Waals surface area contributed by atoms with Gasteiger partial charge in [0.25, 0.3) is 5.91 Å². The fourth-order valence-electron chi connectivity index (χ4n) is 2.78. The highest BCUT2D eigenvalue weighted by molar-refractivity contribution is 6.33. The summed E-state index contributed by atoms with van der Waals surface area (Å²) in [6, 6.07) is 14.4. The van der Waals surface area contributed by atoms with Gasteiger partial charge in [0.2, 0.25) is 11.8 Å². The Balaban J connectivity index is 1.85. The molecule has 0 bridgehead atoms. The normalized spacial score (nSPS) is 10.9. The van der Waals surface area contributed by atoms with Gasteiger partial charge in [0, 0.05) is 6.04 Å². The van der Waals surface area contributed by atoms with Gasteiger partial charge in [-0.1, -0.05) is 35.9 Å². The monoisotopic (exact) mass is 399 g/mol. The largest absolute Gasteiger partial charge is 0.493 e. The molecule has 0 aliphatic carbocycles. The number of hydrogen-bond donors (Lipinski definition) is 0. The molecule has 0 saturated heterocycles. The summed E-state index contributed by atoms with van der Waals surface area (Å²) in [6.07, 6.45) is 0. The first-order chi connectivity index (χ1) is 13.5. The number of benzene rings is 2. The molecule has 0 saturated carbocycles. The van der Waals surface area contributed by atoms with Crippen molar-refractivity contribution < 1.29 is 13.9 Å². The van der Waals surface area contributed by atoms with E-state index in [1.54, 1.807) is 23.1 Å². The lowest BCUT2D eigenvalue weighted by Gasteiger charge is -2.26. The molecule has 7 heteroatoms. The van der Waals surface area contributed by atoms with E-state index in [1.807, 2.05) is 51.1 Å². The van der Waals surface area contributed by atoms with Crippen LogP contribution < -0.4 is 4.74 Å². The van der Waals surface area contributed by atoms with Crippen LogP contribution in [-0.4, -0.2) is 33.7 Å². The van der Waals surface area contributed by atoms with Crippen molar-refractivity contribution >= 4 is 17.5 Å². The molecule has 146 valence electrons. The fraction of sp³-hybridized carbons (Fsp3) is 0.286. The van der Waals surface area contributed by atoms with E-state index in [0.717, 1.165) is 0 Å². The van der Waals surface area contributed by atoms with Crippen LogP contribution in [0.15, 0.2) is 52.9 Å². The molecule has 2 aromatic carbocycles. The lowest BCUT2D eigenvalue weighted by molar-refractivity contribution is 0.0668. The average molecular weight is 400 g/mol. The summed E-state index contributed by atoms with van der Waals surface area (Å²) < 4.78 is 11.4. The molecule has 0 aliphatic rings. The van der Waals surface area contributed by atoms with E-state index in [9.17, 15) is 4.79 Å². The molecule has 0 fully saturated rings. The van der Waals surface area contributed by atoms with Crippen LogP contribution in [-0.2, 0) is 6.54 Å². The Bertz CT molecular complexity index is 955. The predicted octanol–water partition coefficient (Wildman–Crippen LogP) is 4.84. The Kier molecular flexibility index (Phi) is 6.31. The van der Waals surface area contributed by atoms with Crippen molar-refractivity contribution in [3.63, 3.8) is 0 Å². The van der Waals surface area contributed by atoms with Gasteiger partial charge in [0.1, 0.15) is 5.75 Å². The molecule has 1 amide bonds. The van der Waals surface area contributed by atoms with Gasteiger partial charge >= 0.3 is 0 Å². The minimum Gasteiger partial charge on any atom is -0.493 e. The molecule has 6 nitrogen and oxygen atoms in total. The summed E-state index contributed by atoms with van der Waals surface area (Å²) in [5, 5.41) is 8.69. The SMILES string of the molecule is CCOc1ccccc1C(=O)N(Cc1nnc(-c2ccccc2Cl)o1)C(C)C. The standard InChI is InChI=1S/C21H22ClN3O3/c1-4-27-18-12-8-6-10-16(18)21(26)25(14(2)3)13-19-23-24-20(28-19)15-9-5-7-11-17(15)22/h5-12,14H,4,13H2,1-3H3. The molecule has 1 heterocycles. The Morgan fingerprint density at radius 2 is 1.86 bits per heavy atom. The Hall–Kier alpha value is -2.86. The van der Waals surface area contributed by atoms with Crippen molar-refractivity contribution in [3.05, 3.63) is 65.0 Å². The minimum atomic E-state index is -0.156. The van der Waals surface area contributed by atoms with Gasteiger partial charge in [-0.05, 0) is 45.0 Å². The van der Waals surface area contributed by atoms with E-state index in [0.29, 0.717) is 40.3 Å². The van der Waals surface area contributed by atoms with Crippen LogP contribution in [0, 0.1) is 0 Å². The van der Waals surface area contributed by atoms with Gasteiger partial charge in [-0.3, -0.25) is 4.79 Å². The zero-order valence-electron chi connectivity index (χ0n) is 16.1. The van der Waals surface area contributed by atoms with Crippen molar-refractivity contribution in [2.24, 2.45) is 0 Å². The number of ether oxygens (including phenoxy) is 1. The molecule has 1 aromatic heterocycles. The molecule has 3 rings (SSSR count). The van der Waals surface area contributed by atoms with Crippen LogP contribution >= 0.6 is 11.6 Å². The van der Waals surface area contributed by atoms with Crippen LogP contribution in [0.4, 0.5) is 0 Å². The van der Waals surface area contributed by atoms with Crippen molar-refractivity contribution in [3.8, 4) is 17.2 Å². The molecule has 3 aromatic rings. The number of carbonyl (C=O) groups is 1. The quantitative estimate of drug-likeness (QED) is 0.568. The highest BCUT2D eigenvalue weighted by Crippen LogP contribution is 2.27. The first kappa shape index (κ1) is 19.9. The van der Waals surface area contributed by atoms with E-state index in [4.69, 9.17) is 20.8 Å². The summed E-state index contributed by atoms with van der Waals surface area (Å²) in [4.78, 5) is 14.8. The number of nitrogens with zero attached hydrogens (tertiary/aromatic N) is 3. The van der Waals surface area contributed by atoms with Crippen LogP contribution in [0.3, 0.4) is 0 Å². The van der Waals surface area contributed by atoms with E-state index >= 15 is 0 Å². The third-order valence-electron chi connectivity index (χ3n) is 4.18. The van der Waals surface area contributed by atoms with Gasteiger partial charge in [-0.15, -0.1) is 10.2 Å². The number of rotatable bonds is 7. The summed E-state index contributed by atoms with van der Waals surface area (Å²) in [5.41, 5.74) is 1.16. The Labute approximate surface area is 169 Å². The van der Waals surface area contributed by atoms with Crippen molar-refractivity contribution in [2.45, 2.75) is 33.4 Å². The van der Waals surface area contributed by atoms with Crippen LogP contribution in [0.2, 0.25) is 5.02 Å². The topological polar surface area (TPSA) is 68.5 Å². The second-order valence-electron chi connectivity index (χ2n) is 6.44. The van der Waals surface area contributed by atoms with Crippen molar-refractivity contribution in [1.82, 2.24) is 15.1 Å².